The van der Waals surface area contributed by atoms with Gasteiger partial charge in [0.25, 0.3) is 0 Å². The highest BCUT2D eigenvalue weighted by Crippen LogP contribution is 2.22. The zero-order chi connectivity index (χ0) is 18.2. The van der Waals surface area contributed by atoms with Crippen molar-refractivity contribution in [1.82, 2.24) is 15.5 Å². The Labute approximate surface area is 183 Å². The molecule has 2 N–H and O–H groups in total. The Bertz CT molecular complexity index is 581. The molecule has 1 amide bonds. The predicted molar refractivity (Wildman–Crippen MR) is 125 cm³/mol. The van der Waals surface area contributed by atoms with Crippen LogP contribution >= 0.6 is 35.3 Å². The van der Waals surface area contributed by atoms with Crippen molar-refractivity contribution >= 4 is 52.2 Å². The van der Waals surface area contributed by atoms with Gasteiger partial charge < -0.3 is 20.4 Å². The van der Waals surface area contributed by atoms with E-state index < -0.39 is 0 Å². The largest absolute Gasteiger partial charge is 0.360 e. The van der Waals surface area contributed by atoms with Crippen molar-refractivity contribution in [3.8, 4) is 0 Å². The lowest BCUT2D eigenvalue weighted by Crippen LogP contribution is -2.52. The van der Waals surface area contributed by atoms with Crippen molar-refractivity contribution in [2.45, 2.75) is 45.1 Å². The third-order valence-corrected chi connectivity index (χ3v) is 5.98. The van der Waals surface area contributed by atoms with Crippen LogP contribution in [-0.2, 0) is 4.79 Å². The number of thiophene rings is 1. The molecule has 0 bridgehead atoms. The Balaban J connectivity index is 0.00000261. The number of rotatable bonds is 6. The van der Waals surface area contributed by atoms with E-state index >= 15 is 0 Å². The topological polar surface area (TPSA) is 60.0 Å². The molecule has 1 aromatic rings. The molecule has 27 heavy (non-hydrogen) atoms. The first-order valence-corrected chi connectivity index (χ1v) is 10.8. The molecule has 1 aliphatic heterocycles. The summed E-state index contributed by atoms with van der Waals surface area (Å²) < 4.78 is 0. The van der Waals surface area contributed by atoms with Crippen LogP contribution in [-0.4, -0.2) is 62.1 Å². The molecule has 8 heteroatoms. The fourth-order valence-electron chi connectivity index (χ4n) is 3.65. The van der Waals surface area contributed by atoms with Crippen molar-refractivity contribution in [3.05, 3.63) is 17.5 Å². The van der Waals surface area contributed by atoms with Crippen molar-refractivity contribution in [1.29, 1.82) is 0 Å². The number of piperazine rings is 1. The molecule has 1 saturated carbocycles. The fourth-order valence-corrected chi connectivity index (χ4v) is 4.43. The highest BCUT2D eigenvalue weighted by molar-refractivity contribution is 14.0. The molecule has 0 aromatic carbocycles. The number of amides is 1. The summed E-state index contributed by atoms with van der Waals surface area (Å²) in [6, 6.07) is 4.68. The first kappa shape index (κ1) is 22.3. The number of hydrogen-bond donors (Lipinski definition) is 2. The number of aliphatic imine (C=N–C) groups is 1. The molecule has 3 rings (SSSR count). The molecule has 0 unspecified atom stereocenters. The number of nitrogens with one attached hydrogen (secondary N) is 2. The van der Waals surface area contributed by atoms with Crippen LogP contribution < -0.4 is 15.5 Å². The molecule has 1 saturated heterocycles. The molecular formula is C19H32IN5OS. The van der Waals surface area contributed by atoms with Crippen LogP contribution in [0.5, 0.6) is 0 Å². The van der Waals surface area contributed by atoms with Gasteiger partial charge in [-0.2, -0.15) is 0 Å². The molecule has 2 aliphatic rings. The highest BCUT2D eigenvalue weighted by atomic mass is 127. The molecule has 2 fully saturated rings. The van der Waals surface area contributed by atoms with Gasteiger partial charge in [0, 0.05) is 45.2 Å². The van der Waals surface area contributed by atoms with Gasteiger partial charge in [0.15, 0.2) is 5.96 Å². The fraction of sp³-hybridized carbons (Fsp3) is 0.684. The monoisotopic (exact) mass is 505 g/mol. The van der Waals surface area contributed by atoms with Crippen LogP contribution in [0.2, 0.25) is 0 Å². The van der Waals surface area contributed by atoms with Gasteiger partial charge in [0.2, 0.25) is 5.91 Å². The van der Waals surface area contributed by atoms with Crippen LogP contribution in [0.25, 0.3) is 0 Å². The van der Waals surface area contributed by atoms with Gasteiger partial charge in [-0.05, 0) is 37.3 Å². The molecule has 1 aliphatic carbocycles. The summed E-state index contributed by atoms with van der Waals surface area (Å²) in [5.74, 6) is 1.08. The Morgan fingerprint density at radius 3 is 2.63 bits per heavy atom. The van der Waals surface area contributed by atoms with Crippen LogP contribution in [0.15, 0.2) is 22.5 Å². The summed E-state index contributed by atoms with van der Waals surface area (Å²) in [5, 5.41) is 9.99. The van der Waals surface area contributed by atoms with E-state index in [2.05, 4.69) is 44.9 Å². The Hall–Kier alpha value is -1.03. The first-order chi connectivity index (χ1) is 12.8. The van der Waals surface area contributed by atoms with Gasteiger partial charge >= 0.3 is 0 Å². The van der Waals surface area contributed by atoms with E-state index in [4.69, 9.17) is 4.99 Å². The average Bonchev–Trinajstić information content (AvgIpc) is 3.35. The maximum absolute atomic E-state index is 12.1. The number of halogens is 1. The minimum absolute atomic E-state index is 0. The second kappa shape index (κ2) is 11.7. The number of guanidine groups is 1. The number of carbonyl (C=O) groups excluding carboxylic acids is 1. The Morgan fingerprint density at radius 1 is 1.26 bits per heavy atom. The summed E-state index contributed by atoms with van der Waals surface area (Å²) in [6.45, 7) is 7.41. The summed E-state index contributed by atoms with van der Waals surface area (Å²) in [4.78, 5) is 21.5. The Kier molecular flexibility index (Phi) is 9.67. The minimum Gasteiger partial charge on any atom is -0.360 e. The zero-order valence-electron chi connectivity index (χ0n) is 16.2. The zero-order valence-corrected chi connectivity index (χ0v) is 19.3. The lowest BCUT2D eigenvalue weighted by Gasteiger charge is -2.37. The van der Waals surface area contributed by atoms with E-state index in [-0.39, 0.29) is 29.9 Å². The minimum atomic E-state index is 0. The summed E-state index contributed by atoms with van der Waals surface area (Å²) in [7, 11) is 0. The summed E-state index contributed by atoms with van der Waals surface area (Å²) in [5.41, 5.74) is 0. The lowest BCUT2D eigenvalue weighted by molar-refractivity contribution is -0.121. The van der Waals surface area contributed by atoms with E-state index in [1.165, 1.54) is 17.8 Å². The van der Waals surface area contributed by atoms with Gasteiger partial charge in [-0.25, -0.2) is 0 Å². The smallest absolute Gasteiger partial charge is 0.222 e. The lowest BCUT2D eigenvalue weighted by atomic mass is 10.2. The van der Waals surface area contributed by atoms with E-state index in [0.717, 1.165) is 51.5 Å². The Morgan fingerprint density at radius 2 is 2.00 bits per heavy atom. The van der Waals surface area contributed by atoms with Gasteiger partial charge in [0.05, 0.1) is 11.5 Å². The van der Waals surface area contributed by atoms with Gasteiger partial charge in [-0.3, -0.25) is 9.79 Å². The van der Waals surface area contributed by atoms with Crippen LogP contribution in [0.4, 0.5) is 5.00 Å². The highest BCUT2D eigenvalue weighted by Gasteiger charge is 2.20. The number of hydrogen-bond acceptors (Lipinski definition) is 4. The normalized spacial score (nSPS) is 18.3. The predicted octanol–water partition coefficient (Wildman–Crippen LogP) is 2.90. The summed E-state index contributed by atoms with van der Waals surface area (Å²) >= 11 is 1.80. The third kappa shape index (κ3) is 6.81. The molecule has 6 nitrogen and oxygen atoms in total. The maximum atomic E-state index is 12.1. The van der Waals surface area contributed by atoms with Gasteiger partial charge in [-0.1, -0.05) is 12.8 Å². The molecule has 152 valence electrons. The van der Waals surface area contributed by atoms with E-state index in [1.807, 2.05) is 0 Å². The van der Waals surface area contributed by atoms with Crippen molar-refractivity contribution in [2.24, 2.45) is 4.99 Å². The standard InChI is InChI=1S/C19H31N5OS.HI/c1-2-20-19(21-10-9-17(25)22-16-6-3-4-7-16)24-13-11-23(12-14-24)18-8-5-15-26-18;/h5,8,15-16H,2-4,6-7,9-14H2,1H3,(H,20,21)(H,22,25);1H. The van der Waals surface area contributed by atoms with E-state index in [0.29, 0.717) is 19.0 Å². The van der Waals surface area contributed by atoms with Crippen molar-refractivity contribution < 1.29 is 4.79 Å². The number of nitrogens with zero attached hydrogens (tertiary/aromatic N) is 3. The summed E-state index contributed by atoms with van der Waals surface area (Å²) in [6.07, 6.45) is 5.22. The van der Waals surface area contributed by atoms with Crippen molar-refractivity contribution in [2.75, 3.05) is 44.2 Å². The van der Waals surface area contributed by atoms with Crippen LogP contribution in [0.3, 0.4) is 0 Å². The third-order valence-electron chi connectivity index (χ3n) is 5.05. The van der Waals surface area contributed by atoms with Gasteiger partial charge in [-0.15, -0.1) is 35.3 Å². The molecule has 1 aromatic heterocycles. The average molecular weight is 505 g/mol. The first-order valence-electron chi connectivity index (χ1n) is 9.87. The maximum Gasteiger partial charge on any atom is 0.222 e. The van der Waals surface area contributed by atoms with Crippen LogP contribution in [0, 0.1) is 0 Å². The molecule has 0 spiro atoms. The molecular weight excluding hydrogens is 473 g/mol. The van der Waals surface area contributed by atoms with Crippen molar-refractivity contribution in [3.63, 3.8) is 0 Å². The SMILES string of the molecule is CCNC(=NCCC(=O)NC1CCCC1)N1CCN(c2cccs2)CC1.I. The van der Waals surface area contributed by atoms with E-state index in [9.17, 15) is 4.79 Å². The molecule has 0 atom stereocenters. The number of anilines is 1. The second-order valence-electron chi connectivity index (χ2n) is 6.96. The van der Waals surface area contributed by atoms with Gasteiger partial charge in [0.1, 0.15) is 0 Å². The second-order valence-corrected chi connectivity index (χ2v) is 7.89. The van der Waals surface area contributed by atoms with E-state index in [1.54, 1.807) is 11.3 Å². The van der Waals surface area contributed by atoms with Crippen LogP contribution in [0.1, 0.15) is 39.0 Å². The quantitative estimate of drug-likeness (QED) is 0.355. The molecule has 0 radical (unpaired) electrons. The molecule has 2 heterocycles. The number of carbonyl (C=O) groups is 1.